The second kappa shape index (κ2) is 3.05. The van der Waals surface area contributed by atoms with Gasteiger partial charge in [0, 0.05) is 0 Å². The van der Waals surface area contributed by atoms with Crippen LogP contribution in [0.5, 0.6) is 0 Å². The van der Waals surface area contributed by atoms with Crippen LogP contribution >= 0.6 is 23.1 Å². The molecule has 1 aliphatic heterocycles. The molecule has 1 aromatic rings. The maximum absolute atomic E-state index is 5.63. The molecule has 0 bridgehead atoms. The van der Waals surface area contributed by atoms with Gasteiger partial charge in [-0.25, -0.2) is 4.98 Å². The van der Waals surface area contributed by atoms with Crippen LogP contribution in [-0.4, -0.2) is 27.3 Å². The Morgan fingerprint density at radius 2 is 2.36 bits per heavy atom. The second-order valence-electron chi connectivity index (χ2n) is 2.59. The summed E-state index contributed by atoms with van der Waals surface area (Å²) >= 11 is 6.89. The third-order valence-corrected chi connectivity index (χ3v) is 2.59. The molecule has 0 N–H and O–H groups in total. The fourth-order valence-electron chi connectivity index (χ4n) is 1.04. The number of aromatic nitrogens is 2. The Hall–Kier alpha value is -0.190. The third-order valence-electron chi connectivity index (χ3n) is 1.76. The highest BCUT2D eigenvalue weighted by atomic mass is 35.5. The standard InChI is InChI=1S/C6H8ClN3S/c7-6-8-5(9-11-6)4-10-2-1-3-10/h1-4H2. The Labute approximate surface area is 74.2 Å². The lowest BCUT2D eigenvalue weighted by molar-refractivity contribution is 0.169. The van der Waals surface area contributed by atoms with Crippen LogP contribution in [0.15, 0.2) is 0 Å². The lowest BCUT2D eigenvalue weighted by Crippen LogP contribution is -2.36. The summed E-state index contributed by atoms with van der Waals surface area (Å²) in [7, 11) is 0. The molecule has 60 valence electrons. The molecule has 1 aliphatic rings. The van der Waals surface area contributed by atoms with Gasteiger partial charge in [-0.1, -0.05) is 0 Å². The monoisotopic (exact) mass is 189 g/mol. The average Bonchev–Trinajstić information content (AvgIpc) is 2.27. The Bertz CT molecular complexity index is 246. The first-order valence-electron chi connectivity index (χ1n) is 3.55. The van der Waals surface area contributed by atoms with E-state index in [-0.39, 0.29) is 0 Å². The largest absolute Gasteiger partial charge is 0.296 e. The number of likely N-dealkylation sites (tertiary alicyclic amines) is 1. The molecule has 0 spiro atoms. The molecule has 0 radical (unpaired) electrons. The molecular formula is C6H8ClN3S. The van der Waals surface area contributed by atoms with Crippen LogP contribution in [0.2, 0.25) is 4.47 Å². The van der Waals surface area contributed by atoms with Crippen molar-refractivity contribution >= 4 is 23.1 Å². The predicted octanol–water partition coefficient (Wildman–Crippen LogP) is 1.40. The van der Waals surface area contributed by atoms with E-state index in [9.17, 15) is 0 Å². The summed E-state index contributed by atoms with van der Waals surface area (Å²) in [5, 5.41) is 0. The van der Waals surface area contributed by atoms with Gasteiger partial charge >= 0.3 is 0 Å². The second-order valence-corrected chi connectivity index (χ2v) is 3.93. The highest BCUT2D eigenvalue weighted by Crippen LogP contribution is 2.14. The highest BCUT2D eigenvalue weighted by Gasteiger charge is 2.15. The van der Waals surface area contributed by atoms with E-state index in [1.165, 1.54) is 31.0 Å². The van der Waals surface area contributed by atoms with Crippen molar-refractivity contribution in [1.29, 1.82) is 0 Å². The summed E-state index contributed by atoms with van der Waals surface area (Å²) in [6.45, 7) is 3.22. The summed E-state index contributed by atoms with van der Waals surface area (Å²) in [5.74, 6) is 0.861. The Morgan fingerprint density at radius 3 is 2.82 bits per heavy atom. The molecule has 1 fully saturated rings. The fraction of sp³-hybridized carbons (Fsp3) is 0.667. The summed E-state index contributed by atoms with van der Waals surface area (Å²) in [6, 6.07) is 0. The molecular weight excluding hydrogens is 182 g/mol. The first kappa shape index (κ1) is 7.46. The number of rotatable bonds is 2. The van der Waals surface area contributed by atoms with Crippen molar-refractivity contribution in [2.75, 3.05) is 13.1 Å². The van der Waals surface area contributed by atoms with Gasteiger partial charge in [0.05, 0.1) is 6.54 Å². The summed E-state index contributed by atoms with van der Waals surface area (Å²) < 4.78 is 4.64. The van der Waals surface area contributed by atoms with Crippen LogP contribution in [0.4, 0.5) is 0 Å². The minimum atomic E-state index is 0.542. The van der Waals surface area contributed by atoms with Gasteiger partial charge in [0.1, 0.15) is 0 Å². The van der Waals surface area contributed by atoms with Crippen LogP contribution in [0.3, 0.4) is 0 Å². The van der Waals surface area contributed by atoms with Crippen LogP contribution in [0.25, 0.3) is 0 Å². The number of hydrogen-bond acceptors (Lipinski definition) is 4. The smallest absolute Gasteiger partial charge is 0.203 e. The van der Waals surface area contributed by atoms with Crippen molar-refractivity contribution in [1.82, 2.24) is 14.3 Å². The zero-order valence-electron chi connectivity index (χ0n) is 5.96. The number of halogens is 1. The Kier molecular flexibility index (Phi) is 2.07. The number of hydrogen-bond donors (Lipinski definition) is 0. The minimum Gasteiger partial charge on any atom is -0.296 e. The first-order valence-corrected chi connectivity index (χ1v) is 4.70. The van der Waals surface area contributed by atoms with E-state index < -0.39 is 0 Å². The van der Waals surface area contributed by atoms with Crippen molar-refractivity contribution in [3.63, 3.8) is 0 Å². The van der Waals surface area contributed by atoms with Gasteiger partial charge in [0.2, 0.25) is 4.47 Å². The van der Waals surface area contributed by atoms with Crippen molar-refractivity contribution in [3.8, 4) is 0 Å². The van der Waals surface area contributed by atoms with Gasteiger partial charge in [-0.15, -0.1) is 0 Å². The molecule has 1 saturated heterocycles. The zero-order valence-corrected chi connectivity index (χ0v) is 7.53. The molecule has 2 heterocycles. The lowest BCUT2D eigenvalue weighted by atomic mass is 10.2. The molecule has 3 nitrogen and oxygen atoms in total. The van der Waals surface area contributed by atoms with Crippen molar-refractivity contribution in [2.45, 2.75) is 13.0 Å². The topological polar surface area (TPSA) is 29.0 Å². The average molecular weight is 190 g/mol. The normalized spacial score (nSPS) is 18.3. The van der Waals surface area contributed by atoms with E-state index in [0.717, 1.165) is 12.4 Å². The molecule has 2 rings (SSSR count). The van der Waals surface area contributed by atoms with Crippen LogP contribution in [0, 0.1) is 0 Å². The molecule has 0 aromatic carbocycles. The Morgan fingerprint density at radius 1 is 1.55 bits per heavy atom. The van der Waals surface area contributed by atoms with Gasteiger partial charge < -0.3 is 0 Å². The van der Waals surface area contributed by atoms with Gasteiger partial charge in [-0.2, -0.15) is 4.37 Å². The van der Waals surface area contributed by atoms with E-state index in [2.05, 4.69) is 14.3 Å². The molecule has 0 atom stereocenters. The highest BCUT2D eigenvalue weighted by molar-refractivity contribution is 7.10. The SMILES string of the molecule is Clc1nc(CN2CCC2)ns1. The van der Waals surface area contributed by atoms with Gasteiger partial charge in [-0.3, -0.25) is 4.90 Å². The van der Waals surface area contributed by atoms with Gasteiger partial charge in [0.25, 0.3) is 0 Å². The molecule has 0 amide bonds. The molecule has 0 unspecified atom stereocenters. The number of nitrogens with zero attached hydrogens (tertiary/aromatic N) is 3. The fourth-order valence-corrected chi connectivity index (χ4v) is 1.66. The Balaban J connectivity index is 1.95. The molecule has 0 aliphatic carbocycles. The zero-order chi connectivity index (χ0) is 7.68. The van der Waals surface area contributed by atoms with Crippen molar-refractivity contribution < 1.29 is 0 Å². The van der Waals surface area contributed by atoms with E-state index in [0.29, 0.717) is 4.47 Å². The maximum Gasteiger partial charge on any atom is 0.203 e. The van der Waals surface area contributed by atoms with E-state index in [1.807, 2.05) is 0 Å². The summed E-state index contributed by atoms with van der Waals surface area (Å²) in [4.78, 5) is 6.37. The molecule has 11 heavy (non-hydrogen) atoms. The summed E-state index contributed by atoms with van der Waals surface area (Å²) in [6.07, 6.45) is 1.30. The molecule has 0 saturated carbocycles. The lowest BCUT2D eigenvalue weighted by Gasteiger charge is -2.29. The van der Waals surface area contributed by atoms with E-state index >= 15 is 0 Å². The van der Waals surface area contributed by atoms with E-state index in [1.54, 1.807) is 0 Å². The molecule has 1 aromatic heterocycles. The molecule has 5 heteroatoms. The third kappa shape index (κ3) is 1.69. The van der Waals surface area contributed by atoms with Crippen molar-refractivity contribution in [2.24, 2.45) is 0 Å². The first-order chi connectivity index (χ1) is 5.34. The predicted molar refractivity (Wildman–Crippen MR) is 44.8 cm³/mol. The van der Waals surface area contributed by atoms with Crippen LogP contribution in [0.1, 0.15) is 12.2 Å². The minimum absolute atomic E-state index is 0.542. The van der Waals surface area contributed by atoms with E-state index in [4.69, 9.17) is 11.6 Å². The van der Waals surface area contributed by atoms with Gasteiger partial charge in [-0.05, 0) is 42.6 Å². The quantitative estimate of drug-likeness (QED) is 0.705. The van der Waals surface area contributed by atoms with Crippen molar-refractivity contribution in [3.05, 3.63) is 10.3 Å². The summed E-state index contributed by atoms with van der Waals surface area (Å²) in [5.41, 5.74) is 0. The van der Waals surface area contributed by atoms with Gasteiger partial charge in [0.15, 0.2) is 5.82 Å². The van der Waals surface area contributed by atoms with Crippen LogP contribution in [-0.2, 0) is 6.54 Å². The maximum atomic E-state index is 5.63. The van der Waals surface area contributed by atoms with Crippen LogP contribution < -0.4 is 0 Å².